The molecule has 0 saturated carbocycles. The molecule has 0 spiro atoms. The van der Waals surface area contributed by atoms with Crippen LogP contribution in [0.2, 0.25) is 0 Å². The molecule has 8 nitrogen and oxygen atoms in total. The van der Waals surface area contributed by atoms with E-state index in [9.17, 15) is 9.59 Å². The first-order valence-corrected chi connectivity index (χ1v) is 6.54. The van der Waals surface area contributed by atoms with Gasteiger partial charge in [-0.15, -0.1) is 5.10 Å². The average Bonchev–Trinajstić information content (AvgIpc) is 2.85. The topological polar surface area (TPSA) is 123 Å². The number of carboxylic acid groups (broad SMARTS) is 1. The SMILES string of the molecule is CCC(C)NC(=O)C(C)n1cc(CC(N)C(=O)O)nn1. The van der Waals surface area contributed by atoms with Gasteiger partial charge in [0.1, 0.15) is 12.1 Å². The maximum Gasteiger partial charge on any atom is 0.320 e. The van der Waals surface area contributed by atoms with Crippen molar-refractivity contribution in [3.8, 4) is 0 Å². The fourth-order valence-corrected chi connectivity index (χ4v) is 1.49. The van der Waals surface area contributed by atoms with Gasteiger partial charge in [0.25, 0.3) is 0 Å². The Balaban J connectivity index is 2.66. The number of amides is 1. The number of aromatic nitrogens is 3. The minimum Gasteiger partial charge on any atom is -0.480 e. The van der Waals surface area contributed by atoms with Crippen LogP contribution in [0, 0.1) is 0 Å². The van der Waals surface area contributed by atoms with Gasteiger partial charge < -0.3 is 16.2 Å². The Labute approximate surface area is 117 Å². The Bertz CT molecular complexity index is 473. The maximum atomic E-state index is 11.9. The molecule has 1 heterocycles. The first-order valence-electron chi connectivity index (χ1n) is 6.54. The molecule has 3 unspecified atom stereocenters. The van der Waals surface area contributed by atoms with Gasteiger partial charge in [0.05, 0.1) is 5.69 Å². The summed E-state index contributed by atoms with van der Waals surface area (Å²) in [5.41, 5.74) is 5.87. The number of hydrogen-bond donors (Lipinski definition) is 3. The highest BCUT2D eigenvalue weighted by atomic mass is 16.4. The van der Waals surface area contributed by atoms with Crippen molar-refractivity contribution < 1.29 is 14.7 Å². The molecule has 0 fully saturated rings. The van der Waals surface area contributed by atoms with Crippen LogP contribution in [0.5, 0.6) is 0 Å². The average molecular weight is 283 g/mol. The van der Waals surface area contributed by atoms with Crippen LogP contribution < -0.4 is 11.1 Å². The van der Waals surface area contributed by atoms with Gasteiger partial charge in [-0.2, -0.15) is 0 Å². The summed E-state index contributed by atoms with van der Waals surface area (Å²) < 4.78 is 1.40. The number of aliphatic carboxylic acids is 1. The zero-order chi connectivity index (χ0) is 15.3. The number of rotatable bonds is 7. The largest absolute Gasteiger partial charge is 0.480 e. The Kier molecular flexibility index (Phi) is 5.63. The lowest BCUT2D eigenvalue weighted by atomic mass is 10.2. The van der Waals surface area contributed by atoms with E-state index in [0.717, 1.165) is 6.42 Å². The molecule has 0 aliphatic heterocycles. The molecule has 3 atom stereocenters. The second-order valence-corrected chi connectivity index (χ2v) is 4.83. The lowest BCUT2D eigenvalue weighted by Gasteiger charge is -2.15. The Morgan fingerprint density at radius 3 is 2.70 bits per heavy atom. The van der Waals surface area contributed by atoms with E-state index >= 15 is 0 Å². The van der Waals surface area contributed by atoms with Crippen molar-refractivity contribution >= 4 is 11.9 Å². The highest BCUT2D eigenvalue weighted by Crippen LogP contribution is 2.07. The highest BCUT2D eigenvalue weighted by Gasteiger charge is 2.19. The fraction of sp³-hybridized carbons (Fsp3) is 0.667. The van der Waals surface area contributed by atoms with Gasteiger partial charge in [-0.25, -0.2) is 4.68 Å². The van der Waals surface area contributed by atoms with Gasteiger partial charge in [0.15, 0.2) is 0 Å². The van der Waals surface area contributed by atoms with Crippen molar-refractivity contribution in [1.82, 2.24) is 20.3 Å². The van der Waals surface area contributed by atoms with Crippen LogP contribution in [-0.2, 0) is 16.0 Å². The Morgan fingerprint density at radius 1 is 1.50 bits per heavy atom. The minimum absolute atomic E-state index is 0.0784. The fourth-order valence-electron chi connectivity index (χ4n) is 1.49. The van der Waals surface area contributed by atoms with E-state index in [1.54, 1.807) is 13.1 Å². The van der Waals surface area contributed by atoms with E-state index in [0.29, 0.717) is 5.69 Å². The second-order valence-electron chi connectivity index (χ2n) is 4.83. The zero-order valence-electron chi connectivity index (χ0n) is 11.9. The predicted molar refractivity (Wildman–Crippen MR) is 71.9 cm³/mol. The third kappa shape index (κ3) is 4.30. The monoisotopic (exact) mass is 283 g/mol. The van der Waals surface area contributed by atoms with Gasteiger partial charge in [-0.05, 0) is 20.3 Å². The van der Waals surface area contributed by atoms with Gasteiger partial charge in [0.2, 0.25) is 5.91 Å². The van der Waals surface area contributed by atoms with E-state index in [-0.39, 0.29) is 18.4 Å². The van der Waals surface area contributed by atoms with Crippen molar-refractivity contribution in [2.24, 2.45) is 5.73 Å². The Morgan fingerprint density at radius 2 is 2.15 bits per heavy atom. The molecule has 0 saturated heterocycles. The summed E-state index contributed by atoms with van der Waals surface area (Å²) >= 11 is 0. The number of hydrogen-bond acceptors (Lipinski definition) is 5. The molecular formula is C12H21N5O3. The minimum atomic E-state index is -1.10. The number of nitrogens with one attached hydrogen (secondary N) is 1. The molecule has 112 valence electrons. The highest BCUT2D eigenvalue weighted by molar-refractivity contribution is 5.80. The number of nitrogens with zero attached hydrogens (tertiary/aromatic N) is 3. The molecular weight excluding hydrogens is 262 g/mol. The first-order chi connectivity index (χ1) is 9.35. The lowest BCUT2D eigenvalue weighted by molar-refractivity contribution is -0.138. The lowest BCUT2D eigenvalue weighted by Crippen LogP contribution is -2.37. The summed E-state index contributed by atoms with van der Waals surface area (Å²) in [6, 6.07) is -1.44. The van der Waals surface area contributed by atoms with Crippen molar-refractivity contribution in [2.45, 2.75) is 51.7 Å². The van der Waals surface area contributed by atoms with Gasteiger partial charge in [-0.1, -0.05) is 12.1 Å². The third-order valence-corrected chi connectivity index (χ3v) is 3.08. The molecule has 0 radical (unpaired) electrons. The summed E-state index contributed by atoms with van der Waals surface area (Å²) in [5, 5.41) is 19.3. The molecule has 0 bridgehead atoms. The molecule has 1 aromatic rings. The molecule has 0 aliphatic carbocycles. The molecule has 20 heavy (non-hydrogen) atoms. The normalized spacial score (nSPS) is 15.4. The first kappa shape index (κ1) is 16.1. The molecule has 4 N–H and O–H groups in total. The molecule has 0 aliphatic rings. The summed E-state index contributed by atoms with van der Waals surface area (Å²) in [4.78, 5) is 22.6. The van der Waals surface area contributed by atoms with Gasteiger partial charge >= 0.3 is 5.97 Å². The van der Waals surface area contributed by atoms with Crippen LogP contribution in [0.15, 0.2) is 6.20 Å². The zero-order valence-corrected chi connectivity index (χ0v) is 11.9. The molecule has 8 heteroatoms. The summed E-state index contributed by atoms with van der Waals surface area (Å²) in [5.74, 6) is -1.25. The van der Waals surface area contributed by atoms with Crippen LogP contribution in [0.1, 0.15) is 38.9 Å². The van der Waals surface area contributed by atoms with Crippen molar-refractivity contribution in [3.63, 3.8) is 0 Å². The number of nitrogens with two attached hydrogens (primary N) is 1. The van der Waals surface area contributed by atoms with E-state index in [1.807, 2.05) is 13.8 Å². The quantitative estimate of drug-likeness (QED) is 0.631. The van der Waals surface area contributed by atoms with Crippen LogP contribution in [0.4, 0.5) is 0 Å². The van der Waals surface area contributed by atoms with E-state index in [2.05, 4.69) is 15.6 Å². The number of carbonyl (C=O) groups is 2. The van der Waals surface area contributed by atoms with Crippen LogP contribution in [0.25, 0.3) is 0 Å². The van der Waals surface area contributed by atoms with E-state index in [1.165, 1.54) is 4.68 Å². The second kappa shape index (κ2) is 6.99. The summed E-state index contributed by atoms with van der Waals surface area (Å²) in [6.45, 7) is 5.60. The van der Waals surface area contributed by atoms with Gasteiger partial charge in [-0.3, -0.25) is 9.59 Å². The summed E-state index contributed by atoms with van der Waals surface area (Å²) in [7, 11) is 0. The standard InChI is InChI=1S/C12H21N5O3/c1-4-7(2)14-11(18)8(3)17-6-9(15-16-17)5-10(13)12(19)20/h6-8,10H,4-5,13H2,1-3H3,(H,14,18)(H,19,20). The predicted octanol–water partition coefficient (Wildman–Crippen LogP) is -0.292. The molecule has 1 amide bonds. The molecule has 0 aromatic carbocycles. The van der Waals surface area contributed by atoms with Crippen molar-refractivity contribution in [3.05, 3.63) is 11.9 Å². The third-order valence-electron chi connectivity index (χ3n) is 3.08. The van der Waals surface area contributed by atoms with E-state index in [4.69, 9.17) is 10.8 Å². The van der Waals surface area contributed by atoms with E-state index < -0.39 is 18.1 Å². The molecule has 1 aromatic heterocycles. The van der Waals surface area contributed by atoms with Crippen LogP contribution >= 0.6 is 0 Å². The smallest absolute Gasteiger partial charge is 0.320 e. The summed E-state index contributed by atoms with van der Waals surface area (Å²) in [6.07, 6.45) is 2.47. The Hall–Kier alpha value is -1.96. The van der Waals surface area contributed by atoms with Crippen LogP contribution in [0.3, 0.4) is 0 Å². The van der Waals surface area contributed by atoms with Crippen molar-refractivity contribution in [2.75, 3.05) is 0 Å². The molecule has 1 rings (SSSR count). The maximum absolute atomic E-state index is 11.9. The number of carbonyl (C=O) groups excluding carboxylic acids is 1. The number of carboxylic acids is 1. The van der Waals surface area contributed by atoms with Crippen molar-refractivity contribution in [1.29, 1.82) is 0 Å². The van der Waals surface area contributed by atoms with Gasteiger partial charge in [0, 0.05) is 18.7 Å². The van der Waals surface area contributed by atoms with Crippen LogP contribution in [-0.4, -0.2) is 44.1 Å².